The number of likely N-dealkylation sites (tertiary alicyclic amines) is 1. The molecule has 334 valence electrons. The Bertz CT molecular complexity index is 1980. The summed E-state index contributed by atoms with van der Waals surface area (Å²) >= 11 is 0. The van der Waals surface area contributed by atoms with Crippen molar-refractivity contribution in [3.8, 4) is 17.0 Å². The Kier molecular flexibility index (Phi) is 11.0. The second-order valence-corrected chi connectivity index (χ2v) is 22.2. The molecule has 61 heavy (non-hydrogen) atoms. The lowest BCUT2D eigenvalue weighted by atomic mass is 9.36. The van der Waals surface area contributed by atoms with E-state index in [9.17, 15) is 14.7 Å². The van der Waals surface area contributed by atoms with Gasteiger partial charge in [-0.15, -0.1) is 0 Å². The van der Waals surface area contributed by atoms with Crippen molar-refractivity contribution in [2.45, 2.75) is 150 Å². The molecule has 6 aliphatic carbocycles. The average Bonchev–Trinajstić information content (AvgIpc) is 4.02. The molecule has 1 aliphatic heterocycles. The predicted octanol–water partition coefficient (Wildman–Crippen LogP) is 10.3. The van der Waals surface area contributed by atoms with Crippen LogP contribution in [-0.4, -0.2) is 70.8 Å². The van der Waals surface area contributed by atoms with Crippen LogP contribution in [0.25, 0.3) is 11.3 Å². The Labute approximate surface area is 364 Å². The highest BCUT2D eigenvalue weighted by atomic mass is 16.5. The number of amides is 1. The molecule has 0 bridgehead atoms. The average molecular weight is 840 g/mol. The third-order valence-electron chi connectivity index (χ3n) is 19.7. The SMILES string of the molecule is CCC1(C)C(C(=O)O)CC1C(=O)OC1CCC2(C)C(CCC3(C)C4CCC5(C(=O)N6CCCC6c6ncc(-c7ccc(OCCOC)cc7)[nH]6)CCCC5C4CCC32)C1(C)C. The molecule has 2 aromatic rings. The number of carbonyl (C=O) groups is 3. The number of nitrogens with zero attached hydrogens (tertiary/aromatic N) is 2. The zero-order chi connectivity index (χ0) is 43.1. The molecule has 1 saturated heterocycles. The summed E-state index contributed by atoms with van der Waals surface area (Å²) in [4.78, 5) is 51.7. The Morgan fingerprint density at radius 1 is 0.836 bits per heavy atom. The van der Waals surface area contributed by atoms with E-state index in [-0.39, 0.29) is 45.7 Å². The third kappa shape index (κ3) is 6.62. The van der Waals surface area contributed by atoms with E-state index in [1.165, 1.54) is 25.7 Å². The molecule has 7 aliphatic rings. The highest BCUT2D eigenvalue weighted by Crippen LogP contribution is 2.73. The molecule has 13 unspecified atom stereocenters. The van der Waals surface area contributed by atoms with Gasteiger partial charge in [-0.25, -0.2) is 4.98 Å². The normalized spacial score (nSPS) is 41.1. The van der Waals surface area contributed by atoms with Gasteiger partial charge in [0.15, 0.2) is 0 Å². The maximum absolute atomic E-state index is 15.2. The van der Waals surface area contributed by atoms with Gasteiger partial charge in [0.1, 0.15) is 24.3 Å². The van der Waals surface area contributed by atoms with Crippen LogP contribution >= 0.6 is 0 Å². The zero-order valence-electron chi connectivity index (χ0n) is 38.1. The van der Waals surface area contributed by atoms with Crippen LogP contribution in [0.2, 0.25) is 0 Å². The first-order valence-electron chi connectivity index (χ1n) is 24.1. The van der Waals surface area contributed by atoms with Crippen molar-refractivity contribution < 1.29 is 33.7 Å². The minimum Gasteiger partial charge on any atom is -0.491 e. The van der Waals surface area contributed by atoms with Gasteiger partial charge in [0.25, 0.3) is 0 Å². The monoisotopic (exact) mass is 840 g/mol. The van der Waals surface area contributed by atoms with Gasteiger partial charge in [-0.2, -0.15) is 0 Å². The van der Waals surface area contributed by atoms with Crippen molar-refractivity contribution in [3.05, 3.63) is 36.3 Å². The summed E-state index contributed by atoms with van der Waals surface area (Å²) in [5.41, 5.74) is 1.45. The van der Waals surface area contributed by atoms with E-state index in [1.54, 1.807) is 7.11 Å². The zero-order valence-corrected chi connectivity index (χ0v) is 38.1. The molecule has 2 heterocycles. The van der Waals surface area contributed by atoms with Crippen molar-refractivity contribution in [2.75, 3.05) is 26.9 Å². The topological polar surface area (TPSA) is 131 Å². The number of benzene rings is 1. The van der Waals surface area contributed by atoms with Gasteiger partial charge in [-0.3, -0.25) is 14.4 Å². The fraction of sp³-hybridized carbons (Fsp3) is 0.765. The number of H-pyrrole nitrogens is 1. The number of carbonyl (C=O) groups excluding carboxylic acids is 2. The fourth-order valence-corrected chi connectivity index (χ4v) is 16.3. The highest BCUT2D eigenvalue weighted by molar-refractivity contribution is 5.84. The van der Waals surface area contributed by atoms with E-state index in [1.807, 2.05) is 32.2 Å². The number of methoxy groups -OCH3 is 1. The molecule has 0 radical (unpaired) electrons. The molecule has 9 rings (SSSR count). The number of ether oxygens (including phenoxy) is 3. The summed E-state index contributed by atoms with van der Waals surface area (Å²) < 4.78 is 17.4. The van der Waals surface area contributed by atoms with Crippen LogP contribution in [-0.2, 0) is 23.9 Å². The number of aromatic amines is 1. The molecule has 1 amide bonds. The molecule has 2 N–H and O–H groups in total. The summed E-state index contributed by atoms with van der Waals surface area (Å²) in [5.74, 6) is 3.07. The lowest BCUT2D eigenvalue weighted by Gasteiger charge is -2.69. The first-order valence-corrected chi connectivity index (χ1v) is 24.1. The Morgan fingerprint density at radius 2 is 1.61 bits per heavy atom. The first kappa shape index (κ1) is 42.9. The quantitative estimate of drug-likeness (QED) is 0.169. The van der Waals surface area contributed by atoms with E-state index >= 15 is 4.79 Å². The van der Waals surface area contributed by atoms with Gasteiger partial charge in [0, 0.05) is 19.1 Å². The van der Waals surface area contributed by atoms with Crippen LogP contribution < -0.4 is 4.74 Å². The number of esters is 1. The molecule has 6 saturated carbocycles. The maximum Gasteiger partial charge on any atom is 0.309 e. The van der Waals surface area contributed by atoms with Crippen molar-refractivity contribution in [3.63, 3.8) is 0 Å². The minimum atomic E-state index is -0.797. The second kappa shape index (κ2) is 15.7. The summed E-state index contributed by atoms with van der Waals surface area (Å²) in [6, 6.07) is 8.06. The number of rotatable bonds is 11. The molecule has 1 aromatic carbocycles. The summed E-state index contributed by atoms with van der Waals surface area (Å²) in [6.07, 6.45) is 17.0. The van der Waals surface area contributed by atoms with Crippen molar-refractivity contribution in [2.24, 2.45) is 68.5 Å². The molecular formula is C51H73N3O7. The second-order valence-electron chi connectivity index (χ2n) is 22.2. The number of carboxylic acid groups (broad SMARTS) is 1. The molecule has 10 heteroatoms. The van der Waals surface area contributed by atoms with Crippen LogP contribution in [0.1, 0.15) is 150 Å². The predicted molar refractivity (Wildman–Crippen MR) is 233 cm³/mol. The van der Waals surface area contributed by atoms with Crippen LogP contribution in [0.15, 0.2) is 30.5 Å². The Morgan fingerprint density at radius 3 is 2.34 bits per heavy atom. The van der Waals surface area contributed by atoms with E-state index in [0.717, 1.165) is 87.2 Å². The summed E-state index contributed by atoms with van der Waals surface area (Å²) in [7, 11) is 1.67. The van der Waals surface area contributed by atoms with Crippen LogP contribution in [0.3, 0.4) is 0 Å². The summed E-state index contributed by atoms with van der Waals surface area (Å²) in [5, 5.41) is 9.80. The fourth-order valence-electron chi connectivity index (χ4n) is 16.3. The van der Waals surface area contributed by atoms with Gasteiger partial charge in [0.05, 0.1) is 41.8 Å². The number of aromatic nitrogens is 2. The van der Waals surface area contributed by atoms with E-state index < -0.39 is 17.3 Å². The van der Waals surface area contributed by atoms with E-state index in [0.29, 0.717) is 61.6 Å². The molecule has 7 fully saturated rings. The van der Waals surface area contributed by atoms with E-state index in [4.69, 9.17) is 19.2 Å². The minimum absolute atomic E-state index is 0.0148. The third-order valence-corrected chi connectivity index (χ3v) is 19.7. The number of aliphatic carboxylic acids is 1. The number of imidazole rings is 1. The van der Waals surface area contributed by atoms with Crippen molar-refractivity contribution in [1.29, 1.82) is 0 Å². The molecular weight excluding hydrogens is 767 g/mol. The highest BCUT2D eigenvalue weighted by Gasteiger charge is 2.68. The summed E-state index contributed by atoms with van der Waals surface area (Å²) in [6.45, 7) is 15.8. The van der Waals surface area contributed by atoms with Gasteiger partial charge < -0.3 is 29.2 Å². The largest absolute Gasteiger partial charge is 0.491 e. The first-order chi connectivity index (χ1) is 29.1. The lowest BCUT2D eigenvalue weighted by molar-refractivity contribution is -0.227. The number of hydrogen-bond donors (Lipinski definition) is 2. The van der Waals surface area contributed by atoms with Gasteiger partial charge in [-0.05, 0) is 166 Å². The molecule has 0 spiro atoms. The molecule has 1 aromatic heterocycles. The van der Waals surface area contributed by atoms with Gasteiger partial charge >= 0.3 is 11.9 Å². The number of fused-ring (bicyclic) bond motifs is 7. The Hall–Kier alpha value is -3.40. The standard InChI is InChI=1S/C51H73N3O7/c1-8-48(4)36(44(55)56)29-37(48)45(57)61-42-21-24-50(6)40(47(42,2)3)20-23-49(5)34-19-25-51(22-9-11-35(51)33(34)17-18-41(49)50)46(58)54-26-10-12-39(54)43-52-30-38(53-43)31-13-15-32(16-14-31)60-28-27-59-7/h13-16,30,33-37,39-42H,8-12,17-29H2,1-7H3,(H,52,53)(H,55,56). The van der Waals surface area contributed by atoms with Crippen molar-refractivity contribution in [1.82, 2.24) is 14.9 Å². The molecule has 13 atom stereocenters. The van der Waals surface area contributed by atoms with Gasteiger partial charge in [-0.1, -0.05) is 48.0 Å². The van der Waals surface area contributed by atoms with E-state index in [2.05, 4.69) is 49.7 Å². The lowest BCUT2D eigenvalue weighted by Crippen LogP contribution is -2.64. The van der Waals surface area contributed by atoms with Crippen molar-refractivity contribution >= 4 is 17.8 Å². The number of nitrogens with one attached hydrogen (secondary N) is 1. The molecule has 10 nitrogen and oxygen atoms in total. The van der Waals surface area contributed by atoms with Crippen LogP contribution in [0.4, 0.5) is 0 Å². The Balaban J connectivity index is 0.881. The van der Waals surface area contributed by atoms with Crippen LogP contribution in [0, 0.1) is 68.5 Å². The number of carboxylic acids is 1. The van der Waals surface area contributed by atoms with Gasteiger partial charge in [0.2, 0.25) is 5.91 Å². The number of hydrogen-bond acceptors (Lipinski definition) is 7. The smallest absolute Gasteiger partial charge is 0.309 e. The van der Waals surface area contributed by atoms with Crippen LogP contribution in [0.5, 0.6) is 5.75 Å². The maximum atomic E-state index is 15.2.